The van der Waals surface area contributed by atoms with Gasteiger partial charge < -0.3 is 15.0 Å². The lowest BCUT2D eigenvalue weighted by atomic mass is 10.0. The van der Waals surface area contributed by atoms with Crippen LogP contribution in [0.3, 0.4) is 0 Å². The summed E-state index contributed by atoms with van der Waals surface area (Å²) in [5, 5.41) is 7.49. The molecule has 1 heterocycles. The molecule has 1 saturated heterocycles. The molecule has 6 heteroatoms. The number of para-hydroxylation sites is 1. The number of morpholine rings is 1. The number of anilines is 1. The molecule has 0 radical (unpaired) electrons. The van der Waals surface area contributed by atoms with Gasteiger partial charge in [-0.25, -0.2) is 5.43 Å². The highest BCUT2D eigenvalue weighted by atomic mass is 16.5. The first-order chi connectivity index (χ1) is 13.2. The third-order valence-corrected chi connectivity index (χ3v) is 4.68. The largest absolute Gasteiger partial charge is 0.376 e. The standard InChI is InChI=1S/C21H26N4O2/c1-17(23-24-20(26)16-22-19-10-6-3-7-11-19)21(18-8-4-2-5-9-18)25-12-14-27-15-13-25/h2-11,21-22H,12-16H2,1H3,(H,24,26)/p+1/b23-17-/t21-/m0/s1. The third kappa shape index (κ3) is 5.64. The summed E-state index contributed by atoms with van der Waals surface area (Å²) < 4.78 is 5.50. The maximum Gasteiger partial charge on any atom is 0.259 e. The van der Waals surface area contributed by atoms with Gasteiger partial charge >= 0.3 is 0 Å². The van der Waals surface area contributed by atoms with Gasteiger partial charge in [0.05, 0.1) is 25.5 Å². The summed E-state index contributed by atoms with van der Waals surface area (Å²) in [6.45, 7) is 5.51. The van der Waals surface area contributed by atoms with E-state index in [0.717, 1.165) is 37.7 Å². The van der Waals surface area contributed by atoms with Gasteiger partial charge in [-0.3, -0.25) is 4.79 Å². The number of carbonyl (C=O) groups is 1. The number of hydrazone groups is 1. The van der Waals surface area contributed by atoms with Crippen LogP contribution in [-0.4, -0.2) is 44.5 Å². The van der Waals surface area contributed by atoms with Crippen LogP contribution >= 0.6 is 0 Å². The zero-order chi connectivity index (χ0) is 18.9. The number of hydrogen-bond acceptors (Lipinski definition) is 4. The Morgan fingerprint density at radius 2 is 1.70 bits per heavy atom. The van der Waals surface area contributed by atoms with Gasteiger partial charge in [-0.2, -0.15) is 5.10 Å². The molecule has 0 bridgehead atoms. The zero-order valence-electron chi connectivity index (χ0n) is 15.7. The molecule has 0 saturated carbocycles. The first-order valence-corrected chi connectivity index (χ1v) is 9.33. The van der Waals surface area contributed by atoms with E-state index in [9.17, 15) is 4.79 Å². The van der Waals surface area contributed by atoms with Crippen molar-refractivity contribution in [2.24, 2.45) is 5.10 Å². The van der Waals surface area contributed by atoms with Gasteiger partial charge in [0.15, 0.2) is 6.04 Å². The van der Waals surface area contributed by atoms with Crippen molar-refractivity contribution in [3.8, 4) is 0 Å². The Kier molecular flexibility index (Phi) is 6.96. The molecule has 6 nitrogen and oxygen atoms in total. The van der Waals surface area contributed by atoms with E-state index in [1.807, 2.05) is 55.5 Å². The molecule has 3 N–H and O–H groups in total. The second kappa shape index (κ2) is 9.85. The Morgan fingerprint density at radius 1 is 1.07 bits per heavy atom. The van der Waals surface area contributed by atoms with Crippen LogP contribution in [-0.2, 0) is 9.53 Å². The van der Waals surface area contributed by atoms with Crippen LogP contribution in [0.2, 0.25) is 0 Å². The van der Waals surface area contributed by atoms with E-state index < -0.39 is 0 Å². The Labute approximate surface area is 160 Å². The van der Waals surface area contributed by atoms with Crippen molar-refractivity contribution in [3.05, 3.63) is 66.2 Å². The van der Waals surface area contributed by atoms with Crippen LogP contribution < -0.4 is 15.6 Å². The number of rotatable bonds is 7. The van der Waals surface area contributed by atoms with Crippen molar-refractivity contribution in [2.75, 3.05) is 38.2 Å². The van der Waals surface area contributed by atoms with Crippen molar-refractivity contribution >= 4 is 17.3 Å². The van der Waals surface area contributed by atoms with Gasteiger partial charge in [0.2, 0.25) is 0 Å². The first-order valence-electron chi connectivity index (χ1n) is 9.33. The average Bonchev–Trinajstić information content (AvgIpc) is 2.73. The number of benzene rings is 2. The Balaban J connectivity index is 1.63. The molecule has 0 unspecified atom stereocenters. The highest BCUT2D eigenvalue weighted by Crippen LogP contribution is 2.12. The molecule has 0 aliphatic carbocycles. The number of nitrogens with zero attached hydrogens (tertiary/aromatic N) is 1. The minimum atomic E-state index is -0.165. The average molecular weight is 367 g/mol. The monoisotopic (exact) mass is 367 g/mol. The van der Waals surface area contributed by atoms with E-state index >= 15 is 0 Å². The summed E-state index contributed by atoms with van der Waals surface area (Å²) in [6, 6.07) is 20.1. The molecular formula is C21H27N4O2+. The van der Waals surface area contributed by atoms with Crippen LogP contribution in [0.15, 0.2) is 65.8 Å². The molecule has 2 aromatic rings. The highest BCUT2D eigenvalue weighted by molar-refractivity contribution is 5.89. The minimum absolute atomic E-state index is 0.109. The van der Waals surface area contributed by atoms with E-state index in [2.05, 4.69) is 28.0 Å². The smallest absolute Gasteiger partial charge is 0.259 e. The number of amides is 1. The minimum Gasteiger partial charge on any atom is -0.376 e. The van der Waals surface area contributed by atoms with Crippen LogP contribution in [0.4, 0.5) is 5.69 Å². The number of nitrogens with one attached hydrogen (secondary N) is 3. The predicted molar refractivity (Wildman–Crippen MR) is 107 cm³/mol. The fourth-order valence-electron chi connectivity index (χ4n) is 3.33. The number of hydrogen-bond donors (Lipinski definition) is 3. The van der Waals surface area contributed by atoms with Crippen molar-refractivity contribution in [1.29, 1.82) is 0 Å². The van der Waals surface area contributed by atoms with Gasteiger partial charge in [-0.05, 0) is 19.1 Å². The van der Waals surface area contributed by atoms with Gasteiger partial charge in [0, 0.05) is 11.3 Å². The second-order valence-electron chi connectivity index (χ2n) is 6.62. The first kappa shape index (κ1) is 19.1. The topological polar surface area (TPSA) is 67.2 Å². The number of ether oxygens (including phenoxy) is 1. The van der Waals surface area contributed by atoms with Gasteiger partial charge in [-0.15, -0.1) is 0 Å². The molecule has 1 aliphatic rings. The maximum absolute atomic E-state index is 12.1. The van der Waals surface area contributed by atoms with Crippen LogP contribution in [0.1, 0.15) is 18.5 Å². The summed E-state index contributed by atoms with van der Waals surface area (Å²) >= 11 is 0. The quantitative estimate of drug-likeness (QED) is 0.510. The molecule has 142 valence electrons. The van der Waals surface area contributed by atoms with Crippen molar-refractivity contribution in [3.63, 3.8) is 0 Å². The zero-order valence-corrected chi connectivity index (χ0v) is 15.7. The summed E-state index contributed by atoms with van der Waals surface area (Å²) in [6.07, 6.45) is 0. The summed E-state index contributed by atoms with van der Waals surface area (Å²) in [7, 11) is 0. The Bertz CT molecular complexity index is 743. The lowest BCUT2D eigenvalue weighted by molar-refractivity contribution is -0.928. The molecule has 0 spiro atoms. The van der Waals surface area contributed by atoms with Gasteiger partial charge in [0.1, 0.15) is 13.1 Å². The Morgan fingerprint density at radius 3 is 2.37 bits per heavy atom. The molecule has 1 aliphatic heterocycles. The van der Waals surface area contributed by atoms with Crippen molar-refractivity contribution < 1.29 is 14.4 Å². The van der Waals surface area contributed by atoms with Crippen molar-refractivity contribution in [1.82, 2.24) is 5.43 Å². The normalized spacial score (nSPS) is 16.6. The van der Waals surface area contributed by atoms with Crippen LogP contribution in [0.5, 0.6) is 0 Å². The van der Waals surface area contributed by atoms with Crippen molar-refractivity contribution in [2.45, 2.75) is 13.0 Å². The summed E-state index contributed by atoms with van der Waals surface area (Å²) in [5.74, 6) is -0.165. The summed E-state index contributed by atoms with van der Waals surface area (Å²) in [5.41, 5.74) is 5.69. The molecule has 0 aromatic heterocycles. The summed E-state index contributed by atoms with van der Waals surface area (Å²) in [4.78, 5) is 13.6. The highest BCUT2D eigenvalue weighted by Gasteiger charge is 2.29. The molecule has 1 amide bonds. The van der Waals surface area contributed by atoms with Gasteiger partial charge in [0.25, 0.3) is 5.91 Å². The van der Waals surface area contributed by atoms with Gasteiger partial charge in [-0.1, -0.05) is 48.5 Å². The maximum atomic E-state index is 12.1. The molecule has 27 heavy (non-hydrogen) atoms. The van der Waals surface area contributed by atoms with E-state index in [0.29, 0.717) is 0 Å². The van der Waals surface area contributed by atoms with E-state index in [1.165, 1.54) is 10.5 Å². The van der Waals surface area contributed by atoms with E-state index in [1.54, 1.807) is 0 Å². The fourth-order valence-corrected chi connectivity index (χ4v) is 3.33. The lowest BCUT2D eigenvalue weighted by Gasteiger charge is -2.31. The van der Waals surface area contributed by atoms with Crippen LogP contribution in [0, 0.1) is 0 Å². The van der Waals surface area contributed by atoms with E-state index in [-0.39, 0.29) is 18.5 Å². The molecule has 2 aromatic carbocycles. The lowest BCUT2D eigenvalue weighted by Crippen LogP contribution is -3.15. The SMILES string of the molecule is C/C(=N/NC(=O)CNc1ccccc1)[C@@H](c1ccccc1)[NH+]1CCOCC1. The molecule has 3 rings (SSSR count). The number of carbonyl (C=O) groups excluding carboxylic acids is 1. The third-order valence-electron chi connectivity index (χ3n) is 4.68. The van der Waals surface area contributed by atoms with E-state index in [4.69, 9.17) is 4.74 Å². The predicted octanol–water partition coefficient (Wildman–Crippen LogP) is 1.25. The fraction of sp³-hybridized carbons (Fsp3) is 0.333. The Hall–Kier alpha value is -2.70. The molecular weight excluding hydrogens is 340 g/mol. The molecule has 1 fully saturated rings. The van der Waals surface area contributed by atoms with Crippen LogP contribution in [0.25, 0.3) is 0 Å². The number of quaternary nitrogens is 1. The second-order valence-corrected chi connectivity index (χ2v) is 6.62. The molecule has 1 atom stereocenters.